The van der Waals surface area contributed by atoms with Crippen molar-refractivity contribution < 1.29 is 19.7 Å². The summed E-state index contributed by atoms with van der Waals surface area (Å²) in [6, 6.07) is 12.4. The maximum Gasteiger partial charge on any atom is 0.240 e. The number of hydrogen-bond donors (Lipinski definition) is 3. The third-order valence-electron chi connectivity index (χ3n) is 3.50. The van der Waals surface area contributed by atoms with E-state index in [9.17, 15) is 15.0 Å². The van der Waals surface area contributed by atoms with Crippen LogP contribution in [0.3, 0.4) is 0 Å². The van der Waals surface area contributed by atoms with Crippen LogP contribution < -0.4 is 10.2 Å². The van der Waals surface area contributed by atoms with Crippen molar-refractivity contribution in [1.82, 2.24) is 5.43 Å². The molecule has 2 rings (SSSR count). The van der Waals surface area contributed by atoms with Crippen LogP contribution >= 0.6 is 15.9 Å². The number of aromatic hydroxyl groups is 1. The van der Waals surface area contributed by atoms with Crippen LogP contribution in [0, 0.1) is 0 Å². The van der Waals surface area contributed by atoms with Crippen LogP contribution in [0.1, 0.15) is 30.1 Å². The molecular formula is C18H19BrN2O4. The topological polar surface area (TPSA) is 91.2 Å². The highest BCUT2D eigenvalue weighted by molar-refractivity contribution is 9.10. The Labute approximate surface area is 154 Å². The van der Waals surface area contributed by atoms with Gasteiger partial charge in [0.15, 0.2) is 11.5 Å². The second-order valence-corrected chi connectivity index (χ2v) is 6.17. The van der Waals surface area contributed by atoms with Gasteiger partial charge in [0.1, 0.15) is 0 Å². The van der Waals surface area contributed by atoms with Gasteiger partial charge in [-0.25, -0.2) is 5.43 Å². The van der Waals surface area contributed by atoms with Crippen LogP contribution in [0.15, 0.2) is 52.0 Å². The van der Waals surface area contributed by atoms with Crippen molar-refractivity contribution in [3.63, 3.8) is 0 Å². The number of halogens is 1. The van der Waals surface area contributed by atoms with Crippen LogP contribution in [0.4, 0.5) is 0 Å². The van der Waals surface area contributed by atoms with Gasteiger partial charge < -0.3 is 14.9 Å². The Balaban J connectivity index is 1.85. The number of hydrogen-bond acceptors (Lipinski definition) is 5. The van der Waals surface area contributed by atoms with E-state index in [1.165, 1.54) is 13.3 Å². The Bertz CT molecular complexity index is 750. The number of carbonyl (C=O) groups excluding carboxylic acids is 1. The molecule has 0 aliphatic rings. The highest BCUT2D eigenvalue weighted by atomic mass is 79.9. The number of methoxy groups -OCH3 is 1. The van der Waals surface area contributed by atoms with E-state index >= 15 is 0 Å². The van der Waals surface area contributed by atoms with Crippen LogP contribution in [0.5, 0.6) is 11.5 Å². The molecule has 6 nitrogen and oxygen atoms in total. The fourth-order valence-electron chi connectivity index (χ4n) is 2.17. The van der Waals surface area contributed by atoms with Crippen molar-refractivity contribution in [1.29, 1.82) is 0 Å². The maximum atomic E-state index is 11.8. The van der Waals surface area contributed by atoms with E-state index in [1.54, 1.807) is 12.1 Å². The number of phenols is 1. The molecule has 2 aromatic rings. The minimum Gasteiger partial charge on any atom is -0.503 e. The zero-order valence-corrected chi connectivity index (χ0v) is 15.2. The number of hydrazone groups is 1. The predicted molar refractivity (Wildman–Crippen MR) is 98.7 cm³/mol. The molecule has 0 unspecified atom stereocenters. The lowest BCUT2D eigenvalue weighted by Gasteiger charge is -2.09. The number of carbonyl (C=O) groups is 1. The number of aliphatic hydroxyl groups excluding tert-OH is 1. The SMILES string of the molecule is COc1cc(/C=N\NC(=O)CC[C@H](O)c2ccccc2)cc(Br)c1O. The number of phenolic OH excluding ortho intramolecular Hbond substituents is 1. The molecule has 7 heteroatoms. The first-order valence-corrected chi connectivity index (χ1v) is 8.42. The third-order valence-corrected chi connectivity index (χ3v) is 4.11. The van der Waals surface area contributed by atoms with Crippen LogP contribution in [0.2, 0.25) is 0 Å². The molecule has 3 N–H and O–H groups in total. The maximum absolute atomic E-state index is 11.8. The second kappa shape index (κ2) is 9.19. The Morgan fingerprint density at radius 2 is 2.08 bits per heavy atom. The third kappa shape index (κ3) is 5.58. The van der Waals surface area contributed by atoms with Gasteiger partial charge in [0.25, 0.3) is 0 Å². The quantitative estimate of drug-likeness (QED) is 0.486. The molecular weight excluding hydrogens is 388 g/mol. The van der Waals surface area contributed by atoms with E-state index in [-0.39, 0.29) is 18.1 Å². The fourth-order valence-corrected chi connectivity index (χ4v) is 2.63. The summed E-state index contributed by atoms with van der Waals surface area (Å²) in [5.74, 6) is 0.00256. The van der Waals surface area contributed by atoms with E-state index in [4.69, 9.17) is 4.74 Å². The summed E-state index contributed by atoms with van der Waals surface area (Å²) in [5, 5.41) is 23.6. The first-order chi connectivity index (χ1) is 12.0. The Kier molecular flexibility index (Phi) is 6.97. The molecule has 0 aliphatic carbocycles. The van der Waals surface area contributed by atoms with Crippen molar-refractivity contribution in [3.8, 4) is 11.5 Å². The molecule has 25 heavy (non-hydrogen) atoms. The first-order valence-electron chi connectivity index (χ1n) is 7.62. The highest BCUT2D eigenvalue weighted by Gasteiger charge is 2.10. The summed E-state index contributed by atoms with van der Waals surface area (Å²) in [5.41, 5.74) is 3.83. The van der Waals surface area contributed by atoms with Crippen LogP contribution in [-0.4, -0.2) is 29.4 Å². The monoisotopic (exact) mass is 406 g/mol. The zero-order valence-electron chi connectivity index (χ0n) is 13.6. The summed E-state index contributed by atoms with van der Waals surface area (Å²) in [4.78, 5) is 11.8. The average molecular weight is 407 g/mol. The molecule has 0 saturated heterocycles. The van der Waals surface area contributed by atoms with Gasteiger partial charge in [-0.1, -0.05) is 30.3 Å². The number of benzene rings is 2. The van der Waals surface area contributed by atoms with E-state index in [2.05, 4.69) is 26.5 Å². The molecule has 0 radical (unpaired) electrons. The van der Waals surface area contributed by atoms with Crippen molar-refractivity contribution in [2.24, 2.45) is 5.10 Å². The lowest BCUT2D eigenvalue weighted by molar-refractivity contribution is -0.121. The molecule has 0 saturated carbocycles. The molecule has 0 bridgehead atoms. The minimum atomic E-state index is -0.687. The van der Waals surface area contributed by atoms with Gasteiger partial charge in [-0.2, -0.15) is 5.10 Å². The van der Waals surface area contributed by atoms with E-state index < -0.39 is 6.10 Å². The molecule has 1 atom stereocenters. The van der Waals surface area contributed by atoms with Gasteiger partial charge in [0, 0.05) is 6.42 Å². The van der Waals surface area contributed by atoms with Gasteiger partial charge in [-0.3, -0.25) is 4.79 Å². The number of nitrogens with zero attached hydrogens (tertiary/aromatic N) is 1. The van der Waals surface area contributed by atoms with Crippen molar-refractivity contribution in [2.75, 3.05) is 7.11 Å². The van der Waals surface area contributed by atoms with E-state index in [0.717, 1.165) is 5.56 Å². The van der Waals surface area contributed by atoms with Crippen molar-refractivity contribution in [2.45, 2.75) is 18.9 Å². The first kappa shape index (κ1) is 19.0. The largest absolute Gasteiger partial charge is 0.503 e. The number of ether oxygens (including phenoxy) is 1. The lowest BCUT2D eigenvalue weighted by Crippen LogP contribution is -2.18. The molecule has 0 aromatic heterocycles. The fraction of sp³-hybridized carbons (Fsp3) is 0.222. The van der Waals surface area contributed by atoms with Crippen molar-refractivity contribution in [3.05, 3.63) is 58.1 Å². The van der Waals surface area contributed by atoms with Gasteiger partial charge >= 0.3 is 0 Å². The molecule has 0 fully saturated rings. The smallest absolute Gasteiger partial charge is 0.240 e. The summed E-state index contributed by atoms with van der Waals surface area (Å²) >= 11 is 3.21. The van der Waals surface area contributed by atoms with E-state index in [1.807, 2.05) is 30.3 Å². The molecule has 0 spiro atoms. The highest BCUT2D eigenvalue weighted by Crippen LogP contribution is 2.34. The minimum absolute atomic E-state index is 0.00131. The molecule has 0 heterocycles. The van der Waals surface area contributed by atoms with Crippen LogP contribution in [0.25, 0.3) is 0 Å². The normalized spacial score (nSPS) is 12.1. The molecule has 1 amide bonds. The summed E-state index contributed by atoms with van der Waals surface area (Å²) < 4.78 is 5.51. The Morgan fingerprint density at radius 1 is 1.36 bits per heavy atom. The number of aliphatic hydroxyl groups is 1. The number of nitrogens with one attached hydrogen (secondary N) is 1. The van der Waals surface area contributed by atoms with Gasteiger partial charge in [-0.05, 0) is 45.6 Å². The number of rotatable bonds is 7. The molecule has 2 aromatic carbocycles. The second-order valence-electron chi connectivity index (χ2n) is 5.31. The molecule has 0 aliphatic heterocycles. The Morgan fingerprint density at radius 3 is 2.76 bits per heavy atom. The summed E-state index contributed by atoms with van der Waals surface area (Å²) in [6.45, 7) is 0. The average Bonchev–Trinajstić information content (AvgIpc) is 2.63. The van der Waals surface area contributed by atoms with E-state index in [0.29, 0.717) is 22.2 Å². The standard InChI is InChI=1S/C18H19BrN2O4/c1-25-16-10-12(9-14(19)18(16)24)11-20-21-17(23)8-7-15(22)13-5-3-2-4-6-13/h2-6,9-11,15,22,24H,7-8H2,1H3,(H,21,23)/b20-11-/t15-/m0/s1. The van der Waals surface area contributed by atoms with Crippen molar-refractivity contribution >= 4 is 28.1 Å². The lowest BCUT2D eigenvalue weighted by atomic mass is 10.1. The number of amides is 1. The van der Waals surface area contributed by atoms with Gasteiger partial charge in [0.2, 0.25) is 5.91 Å². The predicted octanol–water partition coefficient (Wildman–Crippen LogP) is 3.13. The zero-order chi connectivity index (χ0) is 18.2. The van der Waals surface area contributed by atoms with Gasteiger partial charge in [0.05, 0.1) is 23.9 Å². The van der Waals surface area contributed by atoms with Gasteiger partial charge in [-0.15, -0.1) is 0 Å². The summed E-state index contributed by atoms with van der Waals surface area (Å²) in [7, 11) is 1.45. The van der Waals surface area contributed by atoms with Crippen LogP contribution in [-0.2, 0) is 4.79 Å². The molecule has 132 valence electrons. The Hall–Kier alpha value is -2.38. The summed E-state index contributed by atoms with van der Waals surface area (Å²) in [6.07, 6.45) is 1.21.